The molecule has 6 heteroatoms. The molecule has 1 aliphatic heterocycles. The van der Waals surface area contributed by atoms with Gasteiger partial charge in [-0.3, -0.25) is 4.79 Å². The van der Waals surface area contributed by atoms with Gasteiger partial charge in [0.15, 0.2) is 0 Å². The van der Waals surface area contributed by atoms with Crippen molar-refractivity contribution in [1.29, 1.82) is 0 Å². The van der Waals surface area contributed by atoms with E-state index in [0.717, 1.165) is 12.1 Å². The molecule has 2 unspecified atom stereocenters. The second-order valence-corrected chi connectivity index (χ2v) is 5.19. The topological polar surface area (TPSA) is 29.5 Å². The Labute approximate surface area is 118 Å². The van der Waals surface area contributed by atoms with Crippen molar-refractivity contribution in [3.8, 4) is 0 Å². The van der Waals surface area contributed by atoms with Crippen LogP contribution in [0, 0.1) is 11.6 Å². The molecule has 0 aliphatic carbocycles. The van der Waals surface area contributed by atoms with Crippen molar-refractivity contribution in [2.24, 2.45) is 0 Å². The summed E-state index contributed by atoms with van der Waals surface area (Å²) in [4.78, 5) is 13.9. The SMILES string of the molecule is CC1COC(CBr)CN1C(=O)c1ccc(F)cc1F. The Hall–Kier alpha value is -1.01. The van der Waals surface area contributed by atoms with Crippen LogP contribution in [-0.2, 0) is 4.74 Å². The largest absolute Gasteiger partial charge is 0.373 e. The number of rotatable bonds is 2. The van der Waals surface area contributed by atoms with Gasteiger partial charge in [0.05, 0.1) is 24.3 Å². The normalized spacial score (nSPS) is 23.5. The van der Waals surface area contributed by atoms with Crippen molar-refractivity contribution in [3.63, 3.8) is 0 Å². The van der Waals surface area contributed by atoms with Crippen LogP contribution >= 0.6 is 15.9 Å². The average molecular weight is 334 g/mol. The van der Waals surface area contributed by atoms with Crippen molar-refractivity contribution in [1.82, 2.24) is 4.90 Å². The highest BCUT2D eigenvalue weighted by Crippen LogP contribution is 2.19. The summed E-state index contributed by atoms with van der Waals surface area (Å²) in [6.45, 7) is 2.64. The highest BCUT2D eigenvalue weighted by Gasteiger charge is 2.30. The molecule has 3 nitrogen and oxygen atoms in total. The van der Waals surface area contributed by atoms with E-state index in [-0.39, 0.29) is 17.7 Å². The zero-order valence-electron chi connectivity index (χ0n) is 10.4. The summed E-state index contributed by atoms with van der Waals surface area (Å²) in [6.07, 6.45) is -0.108. The molecular formula is C13H14BrF2NO2. The monoisotopic (exact) mass is 333 g/mol. The summed E-state index contributed by atoms with van der Waals surface area (Å²) in [5.74, 6) is -1.96. The third-order valence-corrected chi connectivity index (χ3v) is 3.82. The predicted molar refractivity (Wildman–Crippen MR) is 70.4 cm³/mol. The number of hydrogen-bond acceptors (Lipinski definition) is 2. The van der Waals surface area contributed by atoms with Crippen LogP contribution in [0.3, 0.4) is 0 Å². The molecule has 1 fully saturated rings. The van der Waals surface area contributed by atoms with Gasteiger partial charge in [-0.2, -0.15) is 0 Å². The minimum atomic E-state index is -0.834. The van der Waals surface area contributed by atoms with Gasteiger partial charge < -0.3 is 9.64 Å². The molecule has 0 radical (unpaired) electrons. The van der Waals surface area contributed by atoms with Crippen LogP contribution < -0.4 is 0 Å². The zero-order valence-corrected chi connectivity index (χ0v) is 12.0. The highest BCUT2D eigenvalue weighted by atomic mass is 79.9. The molecule has 1 aliphatic rings. The fraction of sp³-hybridized carbons (Fsp3) is 0.462. The van der Waals surface area contributed by atoms with E-state index in [9.17, 15) is 13.6 Å². The summed E-state index contributed by atoms with van der Waals surface area (Å²) in [6, 6.07) is 2.86. The number of carbonyl (C=O) groups excluding carboxylic acids is 1. The molecule has 0 saturated carbocycles. The first-order valence-corrected chi connectivity index (χ1v) is 7.08. The number of nitrogens with zero attached hydrogens (tertiary/aromatic N) is 1. The van der Waals surface area contributed by atoms with Gasteiger partial charge in [0, 0.05) is 17.9 Å². The molecule has 1 heterocycles. The van der Waals surface area contributed by atoms with Crippen molar-refractivity contribution in [2.45, 2.75) is 19.1 Å². The number of amides is 1. The van der Waals surface area contributed by atoms with E-state index >= 15 is 0 Å². The number of hydrogen-bond donors (Lipinski definition) is 0. The average Bonchev–Trinajstić information content (AvgIpc) is 2.38. The van der Waals surface area contributed by atoms with Crippen molar-refractivity contribution < 1.29 is 18.3 Å². The van der Waals surface area contributed by atoms with Crippen LogP contribution in [0.15, 0.2) is 18.2 Å². The second-order valence-electron chi connectivity index (χ2n) is 4.54. The van der Waals surface area contributed by atoms with E-state index in [2.05, 4.69) is 15.9 Å². The molecule has 1 aromatic carbocycles. The molecule has 0 bridgehead atoms. The molecule has 2 rings (SSSR count). The molecule has 0 N–H and O–H groups in total. The van der Waals surface area contributed by atoms with Crippen LogP contribution in [-0.4, -0.2) is 41.4 Å². The fourth-order valence-corrected chi connectivity index (χ4v) is 2.40. The number of carbonyl (C=O) groups is 1. The minimum Gasteiger partial charge on any atom is -0.373 e. The lowest BCUT2D eigenvalue weighted by Crippen LogP contribution is -2.51. The summed E-state index contributed by atoms with van der Waals surface area (Å²) >= 11 is 3.30. The third kappa shape index (κ3) is 3.12. The Morgan fingerprint density at radius 1 is 1.53 bits per heavy atom. The Bertz CT molecular complexity index is 484. The lowest BCUT2D eigenvalue weighted by molar-refractivity contribution is -0.0363. The quantitative estimate of drug-likeness (QED) is 0.778. The summed E-state index contributed by atoms with van der Waals surface area (Å²) in [5.41, 5.74) is -0.108. The molecule has 2 atom stereocenters. The van der Waals surface area contributed by atoms with Crippen LogP contribution in [0.2, 0.25) is 0 Å². The van der Waals surface area contributed by atoms with Gasteiger partial charge in [-0.25, -0.2) is 8.78 Å². The van der Waals surface area contributed by atoms with Crippen LogP contribution in [0.5, 0.6) is 0 Å². The summed E-state index contributed by atoms with van der Waals surface area (Å²) in [7, 11) is 0. The van der Waals surface area contributed by atoms with Gasteiger partial charge in [-0.05, 0) is 19.1 Å². The molecule has 1 amide bonds. The number of halogens is 3. The first-order valence-electron chi connectivity index (χ1n) is 5.96. The zero-order chi connectivity index (χ0) is 14.0. The van der Waals surface area contributed by atoms with Crippen molar-refractivity contribution in [3.05, 3.63) is 35.4 Å². The summed E-state index contributed by atoms with van der Waals surface area (Å²) < 4.78 is 32.0. The van der Waals surface area contributed by atoms with Crippen LogP contribution in [0.4, 0.5) is 8.78 Å². The molecule has 104 valence electrons. The second kappa shape index (κ2) is 5.96. The Morgan fingerprint density at radius 2 is 2.26 bits per heavy atom. The molecule has 0 aromatic heterocycles. The molecule has 1 saturated heterocycles. The highest BCUT2D eigenvalue weighted by molar-refractivity contribution is 9.09. The van der Waals surface area contributed by atoms with E-state index in [1.807, 2.05) is 6.92 Å². The summed E-state index contributed by atoms with van der Waals surface area (Å²) in [5, 5.41) is 0.607. The lowest BCUT2D eigenvalue weighted by atomic mass is 10.1. The molecule has 0 spiro atoms. The Morgan fingerprint density at radius 3 is 2.89 bits per heavy atom. The number of morpholine rings is 1. The van der Waals surface area contributed by atoms with Crippen LogP contribution in [0.1, 0.15) is 17.3 Å². The van der Waals surface area contributed by atoms with Gasteiger partial charge in [0.25, 0.3) is 5.91 Å². The first-order chi connectivity index (χ1) is 9.02. The van der Waals surface area contributed by atoms with Gasteiger partial charge in [-0.15, -0.1) is 0 Å². The Kier molecular flexibility index (Phi) is 4.52. The maximum atomic E-state index is 13.6. The standard InChI is InChI=1S/C13H14BrF2NO2/c1-8-7-19-10(5-14)6-17(8)13(18)11-3-2-9(15)4-12(11)16/h2-4,8,10H,5-7H2,1H3. The number of benzene rings is 1. The maximum Gasteiger partial charge on any atom is 0.257 e. The number of ether oxygens (including phenoxy) is 1. The smallest absolute Gasteiger partial charge is 0.257 e. The molecular weight excluding hydrogens is 320 g/mol. The van der Waals surface area contributed by atoms with Crippen molar-refractivity contribution in [2.75, 3.05) is 18.5 Å². The third-order valence-electron chi connectivity index (χ3n) is 3.10. The van der Waals surface area contributed by atoms with E-state index in [1.54, 1.807) is 4.90 Å². The molecule has 19 heavy (non-hydrogen) atoms. The van der Waals surface area contributed by atoms with Gasteiger partial charge in [-0.1, -0.05) is 15.9 Å². The number of alkyl halides is 1. The Balaban J connectivity index is 2.22. The minimum absolute atomic E-state index is 0.108. The van der Waals surface area contributed by atoms with Crippen LogP contribution in [0.25, 0.3) is 0 Å². The van der Waals surface area contributed by atoms with Gasteiger partial charge in [0.2, 0.25) is 0 Å². The predicted octanol–water partition coefficient (Wildman–Crippen LogP) is 2.59. The van der Waals surface area contributed by atoms with Gasteiger partial charge in [0.1, 0.15) is 11.6 Å². The van der Waals surface area contributed by atoms with E-state index in [1.165, 1.54) is 6.07 Å². The van der Waals surface area contributed by atoms with E-state index in [0.29, 0.717) is 18.5 Å². The van der Waals surface area contributed by atoms with Crippen molar-refractivity contribution >= 4 is 21.8 Å². The maximum absolute atomic E-state index is 13.6. The van der Waals surface area contributed by atoms with Gasteiger partial charge >= 0.3 is 0 Å². The van der Waals surface area contributed by atoms with E-state index in [4.69, 9.17) is 4.74 Å². The van der Waals surface area contributed by atoms with E-state index < -0.39 is 17.5 Å². The molecule has 1 aromatic rings. The first kappa shape index (κ1) is 14.4. The fourth-order valence-electron chi connectivity index (χ4n) is 2.01. The lowest BCUT2D eigenvalue weighted by Gasteiger charge is -2.37.